The lowest BCUT2D eigenvalue weighted by molar-refractivity contribution is 0.598. The van der Waals surface area contributed by atoms with Crippen molar-refractivity contribution >= 4 is 15.7 Å². The highest BCUT2D eigenvalue weighted by atomic mass is 32.2. The van der Waals surface area contributed by atoms with Crippen molar-refractivity contribution < 1.29 is 8.42 Å². The van der Waals surface area contributed by atoms with Crippen LogP contribution in [0.25, 0.3) is 0 Å². The van der Waals surface area contributed by atoms with Crippen molar-refractivity contribution in [3.05, 3.63) is 11.3 Å². The normalized spacial score (nSPS) is 11.4. The van der Waals surface area contributed by atoms with Crippen molar-refractivity contribution in [2.45, 2.75) is 45.1 Å². The van der Waals surface area contributed by atoms with E-state index in [4.69, 9.17) is 11.0 Å². The maximum atomic E-state index is 12.0. The highest BCUT2D eigenvalue weighted by Gasteiger charge is 2.26. The van der Waals surface area contributed by atoms with Crippen LogP contribution in [0.15, 0.2) is 4.90 Å². The summed E-state index contributed by atoms with van der Waals surface area (Å²) in [4.78, 5) is 0.123. The zero-order chi connectivity index (χ0) is 13.9. The van der Waals surface area contributed by atoms with Crippen LogP contribution >= 0.6 is 0 Å². The Hall–Kier alpha value is -1.48. The Kier molecular flexibility index (Phi) is 4.41. The number of nitrogens with zero attached hydrogens (tertiary/aromatic N) is 2. The van der Waals surface area contributed by atoms with Gasteiger partial charge >= 0.3 is 0 Å². The molecule has 0 saturated heterocycles. The lowest BCUT2D eigenvalue weighted by Gasteiger charge is -2.08. The maximum Gasteiger partial charge on any atom is 0.195 e. The fourth-order valence-electron chi connectivity index (χ4n) is 2.02. The molecule has 5 nitrogen and oxygen atoms in total. The summed E-state index contributed by atoms with van der Waals surface area (Å²) in [5, 5.41) is 8.59. The number of unbranched alkanes of at least 4 members (excludes halogenated alkanes) is 1. The zero-order valence-corrected chi connectivity index (χ0v) is 11.8. The predicted molar refractivity (Wildman–Crippen MR) is 70.9 cm³/mol. The average Bonchev–Trinajstić information content (AvgIpc) is 2.49. The molecule has 0 atom stereocenters. The van der Waals surface area contributed by atoms with E-state index in [9.17, 15) is 8.42 Å². The van der Waals surface area contributed by atoms with Crippen LogP contribution in [0.5, 0.6) is 0 Å². The van der Waals surface area contributed by atoms with Crippen LogP contribution in [-0.4, -0.2) is 18.7 Å². The molecule has 0 saturated carbocycles. The molecule has 0 aliphatic heterocycles. The van der Waals surface area contributed by atoms with Gasteiger partial charge in [-0.2, -0.15) is 5.26 Å². The number of rotatable bonds is 5. The number of hydrogen-bond donors (Lipinski definition) is 1. The second-order valence-corrected chi connectivity index (χ2v) is 6.27. The Morgan fingerprint density at radius 3 is 2.50 bits per heavy atom. The van der Waals surface area contributed by atoms with Gasteiger partial charge in [0, 0.05) is 12.2 Å². The molecular weight excluding hydrogens is 250 g/mol. The average molecular weight is 269 g/mol. The van der Waals surface area contributed by atoms with Gasteiger partial charge in [0.2, 0.25) is 0 Å². The first kappa shape index (κ1) is 14.6. The Labute approximate surface area is 108 Å². The van der Waals surface area contributed by atoms with E-state index in [0.29, 0.717) is 12.1 Å². The van der Waals surface area contributed by atoms with Crippen molar-refractivity contribution in [2.75, 3.05) is 11.5 Å². The summed E-state index contributed by atoms with van der Waals surface area (Å²) in [6, 6.07) is 1.68. The Morgan fingerprint density at radius 2 is 2.00 bits per heavy atom. The molecule has 0 amide bonds. The summed E-state index contributed by atoms with van der Waals surface area (Å²) in [5.41, 5.74) is 7.45. The molecule has 2 N–H and O–H groups in total. The molecule has 18 heavy (non-hydrogen) atoms. The van der Waals surface area contributed by atoms with Gasteiger partial charge in [-0.05, 0) is 25.8 Å². The topological polar surface area (TPSA) is 88.9 Å². The second kappa shape index (κ2) is 5.44. The van der Waals surface area contributed by atoms with E-state index in [0.717, 1.165) is 18.5 Å². The molecule has 0 radical (unpaired) electrons. The third-order valence-corrected chi connectivity index (χ3v) is 4.76. The molecule has 1 aromatic heterocycles. The van der Waals surface area contributed by atoms with Crippen LogP contribution < -0.4 is 5.73 Å². The first-order valence-electron chi connectivity index (χ1n) is 5.91. The number of sulfone groups is 1. The molecule has 1 aromatic rings. The van der Waals surface area contributed by atoms with Gasteiger partial charge in [0.15, 0.2) is 9.84 Å². The molecule has 0 aromatic carbocycles. The van der Waals surface area contributed by atoms with Crippen LogP contribution in [0.3, 0.4) is 0 Å². The molecule has 0 bridgehead atoms. The van der Waals surface area contributed by atoms with E-state index in [-0.39, 0.29) is 10.7 Å². The minimum atomic E-state index is -3.61. The van der Waals surface area contributed by atoms with E-state index in [1.165, 1.54) is 0 Å². The van der Waals surface area contributed by atoms with E-state index in [1.807, 2.05) is 11.5 Å². The Morgan fingerprint density at radius 1 is 1.39 bits per heavy atom. The first-order chi connectivity index (χ1) is 8.36. The van der Waals surface area contributed by atoms with Gasteiger partial charge in [-0.3, -0.25) is 0 Å². The van der Waals surface area contributed by atoms with E-state index in [2.05, 4.69) is 6.92 Å². The summed E-state index contributed by atoms with van der Waals surface area (Å²) >= 11 is 0. The molecule has 0 spiro atoms. The standard InChI is InChI=1S/C12H19N3O2S/c1-4-5-7-15-10(3)9(2)11(12(15)14)18(16,17)8-6-13/h4-5,7-8,14H2,1-3H3. The van der Waals surface area contributed by atoms with Gasteiger partial charge in [0.05, 0.1) is 6.07 Å². The summed E-state index contributed by atoms with van der Waals surface area (Å²) < 4.78 is 25.8. The monoisotopic (exact) mass is 269 g/mol. The van der Waals surface area contributed by atoms with Crippen molar-refractivity contribution in [2.24, 2.45) is 0 Å². The van der Waals surface area contributed by atoms with Gasteiger partial charge in [-0.15, -0.1) is 0 Å². The van der Waals surface area contributed by atoms with Crippen molar-refractivity contribution in [1.82, 2.24) is 4.57 Å². The maximum absolute atomic E-state index is 12.0. The molecule has 0 aliphatic rings. The quantitative estimate of drug-likeness (QED) is 0.882. The van der Waals surface area contributed by atoms with Crippen molar-refractivity contribution in [1.29, 1.82) is 5.26 Å². The van der Waals surface area contributed by atoms with Crippen LogP contribution in [0.2, 0.25) is 0 Å². The van der Waals surface area contributed by atoms with Gasteiger partial charge in [0.1, 0.15) is 16.5 Å². The molecule has 0 fully saturated rings. The van der Waals surface area contributed by atoms with E-state index < -0.39 is 15.6 Å². The Balaban J connectivity index is 3.36. The summed E-state index contributed by atoms with van der Waals surface area (Å²) in [5.74, 6) is -0.274. The molecule has 6 heteroatoms. The lowest BCUT2D eigenvalue weighted by Crippen LogP contribution is -2.10. The number of nitrogen functional groups attached to an aromatic ring is 1. The summed E-state index contributed by atoms with van der Waals surface area (Å²) in [6.07, 6.45) is 1.95. The molecule has 1 rings (SSSR count). The molecule has 1 heterocycles. The largest absolute Gasteiger partial charge is 0.384 e. The summed E-state index contributed by atoms with van der Waals surface area (Å²) in [7, 11) is -3.61. The van der Waals surface area contributed by atoms with Crippen LogP contribution in [0.1, 0.15) is 31.0 Å². The smallest absolute Gasteiger partial charge is 0.195 e. The highest BCUT2D eigenvalue weighted by Crippen LogP contribution is 2.29. The van der Waals surface area contributed by atoms with Crippen molar-refractivity contribution in [3.8, 4) is 6.07 Å². The van der Waals surface area contributed by atoms with Gasteiger partial charge < -0.3 is 10.3 Å². The lowest BCUT2D eigenvalue weighted by atomic mass is 10.3. The number of nitriles is 1. The Bertz CT molecular complexity index is 579. The van der Waals surface area contributed by atoms with Gasteiger partial charge in [-0.1, -0.05) is 13.3 Å². The minimum absolute atomic E-state index is 0.123. The zero-order valence-electron chi connectivity index (χ0n) is 11.0. The molecule has 0 aliphatic carbocycles. The second-order valence-electron chi connectivity index (χ2n) is 4.35. The molecule has 0 unspecified atom stereocenters. The minimum Gasteiger partial charge on any atom is -0.384 e. The van der Waals surface area contributed by atoms with Gasteiger partial charge in [-0.25, -0.2) is 8.42 Å². The fourth-order valence-corrected chi connectivity index (χ4v) is 3.37. The SMILES string of the molecule is CCCCn1c(C)c(C)c(S(=O)(=O)CC#N)c1N. The van der Waals surface area contributed by atoms with Crippen molar-refractivity contribution in [3.63, 3.8) is 0 Å². The third kappa shape index (κ3) is 2.51. The van der Waals surface area contributed by atoms with Crippen LogP contribution in [-0.2, 0) is 16.4 Å². The summed E-state index contributed by atoms with van der Waals surface area (Å²) in [6.45, 7) is 6.36. The third-order valence-electron chi connectivity index (χ3n) is 3.11. The first-order valence-corrected chi connectivity index (χ1v) is 7.56. The highest BCUT2D eigenvalue weighted by molar-refractivity contribution is 7.91. The number of hydrogen-bond acceptors (Lipinski definition) is 4. The molecular formula is C12H19N3O2S. The van der Waals surface area contributed by atoms with Crippen LogP contribution in [0, 0.1) is 25.2 Å². The van der Waals surface area contributed by atoms with Gasteiger partial charge in [0.25, 0.3) is 0 Å². The number of aromatic nitrogens is 1. The van der Waals surface area contributed by atoms with E-state index in [1.54, 1.807) is 13.0 Å². The van der Waals surface area contributed by atoms with E-state index >= 15 is 0 Å². The molecule has 100 valence electrons. The number of anilines is 1. The predicted octanol–water partition coefficient (Wildman–Crippen LogP) is 1.78. The van der Waals surface area contributed by atoms with Crippen LogP contribution in [0.4, 0.5) is 5.82 Å². The fraction of sp³-hybridized carbons (Fsp3) is 0.583. The number of nitrogens with two attached hydrogens (primary N) is 1.